The van der Waals surface area contributed by atoms with Crippen molar-refractivity contribution in [3.63, 3.8) is 0 Å². The number of carboxylic acids is 1. The van der Waals surface area contributed by atoms with Crippen molar-refractivity contribution in [2.45, 2.75) is 44.3 Å². The summed E-state index contributed by atoms with van der Waals surface area (Å²) in [5.41, 5.74) is 0.727. The summed E-state index contributed by atoms with van der Waals surface area (Å²) < 4.78 is 5.37. The Labute approximate surface area is 134 Å². The lowest BCUT2D eigenvalue weighted by Crippen LogP contribution is -2.21. The molecule has 3 N–H and O–H groups in total. The minimum absolute atomic E-state index is 0.219. The largest absolute Gasteiger partial charge is 0.479 e. The lowest BCUT2D eigenvalue weighted by atomic mass is 10.0. The molecule has 1 aliphatic rings. The number of anilines is 1. The molecule has 23 heavy (non-hydrogen) atoms. The van der Waals surface area contributed by atoms with E-state index in [2.05, 4.69) is 5.32 Å². The average Bonchev–Trinajstić information content (AvgIpc) is 2.50. The molecular formula is C17H21NO5. The van der Waals surface area contributed by atoms with E-state index in [-0.39, 0.29) is 11.7 Å². The first-order valence-electron chi connectivity index (χ1n) is 7.71. The molecule has 0 aromatic heterocycles. The SMILES string of the molecule is O=C(Nc1ccc(C(O)C(=O)O)cc1)OC1/C=C\CCCCC1. The van der Waals surface area contributed by atoms with Crippen LogP contribution in [-0.4, -0.2) is 28.4 Å². The van der Waals surface area contributed by atoms with Gasteiger partial charge in [0.2, 0.25) is 0 Å². The third kappa shape index (κ3) is 5.41. The van der Waals surface area contributed by atoms with Crippen LogP contribution in [0.4, 0.5) is 10.5 Å². The van der Waals surface area contributed by atoms with E-state index in [0.29, 0.717) is 5.69 Å². The number of carbonyl (C=O) groups excluding carboxylic acids is 1. The first-order chi connectivity index (χ1) is 11.1. The van der Waals surface area contributed by atoms with Gasteiger partial charge in [-0.15, -0.1) is 0 Å². The molecule has 6 nitrogen and oxygen atoms in total. The standard InChI is InChI=1S/C17H21NO5/c19-15(16(20)21)12-8-10-13(11-9-12)18-17(22)23-14-6-4-2-1-3-5-7-14/h4,6,8-11,14-15,19H,1-3,5,7H2,(H,18,22)(H,20,21)/b6-4-. The number of nitrogens with one attached hydrogen (secondary N) is 1. The van der Waals surface area contributed by atoms with Gasteiger partial charge in [0.25, 0.3) is 0 Å². The van der Waals surface area contributed by atoms with Crippen molar-refractivity contribution in [3.8, 4) is 0 Å². The van der Waals surface area contributed by atoms with Gasteiger partial charge < -0.3 is 14.9 Å². The fourth-order valence-corrected chi connectivity index (χ4v) is 2.40. The molecule has 124 valence electrons. The van der Waals surface area contributed by atoms with Crippen molar-refractivity contribution in [1.82, 2.24) is 0 Å². The van der Waals surface area contributed by atoms with Crippen LogP contribution in [0.1, 0.15) is 43.8 Å². The van der Waals surface area contributed by atoms with Crippen LogP contribution in [-0.2, 0) is 9.53 Å². The fraction of sp³-hybridized carbons (Fsp3) is 0.412. The van der Waals surface area contributed by atoms with E-state index < -0.39 is 18.2 Å². The van der Waals surface area contributed by atoms with Crippen LogP contribution in [0.2, 0.25) is 0 Å². The van der Waals surface area contributed by atoms with Gasteiger partial charge in [-0.3, -0.25) is 5.32 Å². The van der Waals surface area contributed by atoms with Gasteiger partial charge in [-0.25, -0.2) is 9.59 Å². The molecule has 0 bridgehead atoms. The van der Waals surface area contributed by atoms with Crippen LogP contribution in [0.15, 0.2) is 36.4 Å². The smallest absolute Gasteiger partial charge is 0.412 e. The summed E-state index contributed by atoms with van der Waals surface area (Å²) in [5.74, 6) is -1.32. The van der Waals surface area contributed by atoms with Gasteiger partial charge in [0.1, 0.15) is 6.10 Å². The molecule has 1 aromatic carbocycles. The molecule has 2 rings (SSSR count). The third-order valence-electron chi connectivity index (χ3n) is 3.68. The molecule has 1 aliphatic carbocycles. The van der Waals surface area contributed by atoms with E-state index in [1.165, 1.54) is 30.7 Å². The summed E-state index contributed by atoms with van der Waals surface area (Å²) in [6.45, 7) is 0. The van der Waals surface area contributed by atoms with Gasteiger partial charge in [-0.05, 0) is 49.5 Å². The molecule has 0 heterocycles. The number of hydrogen-bond acceptors (Lipinski definition) is 4. The Kier molecular flexibility index (Phi) is 6.17. The summed E-state index contributed by atoms with van der Waals surface area (Å²) in [6, 6.07) is 5.95. The third-order valence-corrected chi connectivity index (χ3v) is 3.68. The number of allylic oxidation sites excluding steroid dienone is 1. The van der Waals surface area contributed by atoms with Crippen LogP contribution >= 0.6 is 0 Å². The molecule has 1 amide bonds. The maximum atomic E-state index is 11.9. The summed E-state index contributed by atoms with van der Waals surface area (Å²) in [4.78, 5) is 22.6. The van der Waals surface area contributed by atoms with Gasteiger partial charge in [0.05, 0.1) is 0 Å². The van der Waals surface area contributed by atoms with Crippen LogP contribution in [0, 0.1) is 0 Å². The van der Waals surface area contributed by atoms with Crippen molar-refractivity contribution in [2.24, 2.45) is 0 Å². The minimum Gasteiger partial charge on any atom is -0.479 e. The lowest BCUT2D eigenvalue weighted by Gasteiger charge is -2.16. The normalized spacial score (nSPS) is 20.7. The summed E-state index contributed by atoms with van der Waals surface area (Å²) >= 11 is 0. The zero-order valence-corrected chi connectivity index (χ0v) is 12.8. The highest BCUT2D eigenvalue weighted by molar-refractivity contribution is 5.85. The maximum absolute atomic E-state index is 11.9. The number of carbonyl (C=O) groups is 2. The predicted molar refractivity (Wildman–Crippen MR) is 85.2 cm³/mol. The Hall–Kier alpha value is -2.34. The monoisotopic (exact) mass is 319 g/mol. The number of aliphatic hydroxyl groups excluding tert-OH is 1. The van der Waals surface area contributed by atoms with E-state index in [1.807, 2.05) is 12.2 Å². The Balaban J connectivity index is 1.89. The van der Waals surface area contributed by atoms with E-state index >= 15 is 0 Å². The van der Waals surface area contributed by atoms with Gasteiger partial charge in [-0.2, -0.15) is 0 Å². The molecule has 0 radical (unpaired) electrons. The highest BCUT2D eigenvalue weighted by Gasteiger charge is 2.16. The Morgan fingerprint density at radius 2 is 1.91 bits per heavy atom. The zero-order valence-electron chi connectivity index (χ0n) is 12.8. The van der Waals surface area contributed by atoms with Crippen molar-refractivity contribution in [1.29, 1.82) is 0 Å². The Morgan fingerprint density at radius 1 is 1.17 bits per heavy atom. The van der Waals surface area contributed by atoms with Crippen molar-refractivity contribution < 1.29 is 24.5 Å². The predicted octanol–water partition coefficient (Wildman–Crippen LogP) is 3.24. The summed E-state index contributed by atoms with van der Waals surface area (Å²) in [7, 11) is 0. The number of ether oxygens (including phenoxy) is 1. The molecule has 2 atom stereocenters. The summed E-state index contributed by atoms with van der Waals surface area (Å²) in [6.07, 6.45) is 6.78. The molecule has 0 fully saturated rings. The van der Waals surface area contributed by atoms with Gasteiger partial charge in [-0.1, -0.05) is 24.6 Å². The highest BCUT2D eigenvalue weighted by Crippen LogP contribution is 2.18. The minimum atomic E-state index is -1.57. The molecule has 0 aliphatic heterocycles. The number of carboxylic acid groups (broad SMARTS) is 1. The van der Waals surface area contributed by atoms with Crippen molar-refractivity contribution >= 4 is 17.7 Å². The number of hydrogen-bond donors (Lipinski definition) is 3. The molecule has 1 aromatic rings. The molecule has 2 unspecified atom stereocenters. The number of amides is 1. The van der Waals surface area contributed by atoms with E-state index in [4.69, 9.17) is 9.84 Å². The zero-order chi connectivity index (χ0) is 16.7. The van der Waals surface area contributed by atoms with E-state index in [1.54, 1.807) is 0 Å². The second-order valence-electron chi connectivity index (χ2n) is 5.50. The Morgan fingerprint density at radius 3 is 2.61 bits per heavy atom. The van der Waals surface area contributed by atoms with Crippen LogP contribution < -0.4 is 5.32 Å². The molecule has 0 saturated heterocycles. The van der Waals surface area contributed by atoms with Gasteiger partial charge in [0.15, 0.2) is 6.10 Å². The number of benzene rings is 1. The van der Waals surface area contributed by atoms with Gasteiger partial charge in [0, 0.05) is 5.69 Å². The second kappa shape index (κ2) is 8.33. The number of aliphatic carboxylic acids is 1. The number of rotatable bonds is 4. The highest BCUT2D eigenvalue weighted by atomic mass is 16.6. The van der Waals surface area contributed by atoms with Gasteiger partial charge >= 0.3 is 12.1 Å². The van der Waals surface area contributed by atoms with Crippen molar-refractivity contribution in [2.75, 3.05) is 5.32 Å². The van der Waals surface area contributed by atoms with E-state index in [9.17, 15) is 14.7 Å². The fourth-order valence-electron chi connectivity index (χ4n) is 2.40. The van der Waals surface area contributed by atoms with Crippen molar-refractivity contribution in [3.05, 3.63) is 42.0 Å². The Bertz CT molecular complexity index is 567. The van der Waals surface area contributed by atoms with Crippen LogP contribution in [0.3, 0.4) is 0 Å². The average molecular weight is 319 g/mol. The number of aliphatic hydroxyl groups is 1. The molecule has 0 spiro atoms. The van der Waals surface area contributed by atoms with E-state index in [0.717, 1.165) is 25.7 Å². The quantitative estimate of drug-likeness (QED) is 0.740. The first-order valence-corrected chi connectivity index (χ1v) is 7.71. The maximum Gasteiger partial charge on any atom is 0.412 e. The second-order valence-corrected chi connectivity index (χ2v) is 5.50. The molecular weight excluding hydrogens is 298 g/mol. The van der Waals surface area contributed by atoms with Crippen LogP contribution in [0.25, 0.3) is 0 Å². The topological polar surface area (TPSA) is 95.9 Å². The summed E-state index contributed by atoms with van der Waals surface area (Å²) in [5, 5.41) is 20.7. The lowest BCUT2D eigenvalue weighted by molar-refractivity contribution is -0.146. The first kappa shape index (κ1) is 17.0. The molecule has 0 saturated carbocycles. The molecule has 6 heteroatoms. The van der Waals surface area contributed by atoms with Crippen LogP contribution in [0.5, 0.6) is 0 Å².